The van der Waals surface area contributed by atoms with E-state index >= 15 is 0 Å². The van der Waals surface area contributed by atoms with E-state index < -0.39 is 0 Å². The van der Waals surface area contributed by atoms with Gasteiger partial charge in [-0.05, 0) is 62.9 Å². The first-order valence-corrected chi connectivity index (χ1v) is 13.5. The second-order valence-corrected chi connectivity index (χ2v) is 12.7. The van der Waals surface area contributed by atoms with Crippen molar-refractivity contribution in [3.63, 3.8) is 0 Å². The average Bonchev–Trinajstić information content (AvgIpc) is 2.77. The summed E-state index contributed by atoms with van der Waals surface area (Å²) in [5.41, 5.74) is 4.11. The quantitative estimate of drug-likeness (QED) is 0.330. The fraction of sp³-hybridized carbons (Fsp3) is 0.333. The third-order valence-electron chi connectivity index (χ3n) is 5.60. The lowest BCUT2D eigenvalue weighted by Gasteiger charge is -2.40. The Balaban J connectivity index is 1.52. The molecule has 1 saturated carbocycles. The predicted molar refractivity (Wildman–Crippen MR) is 137 cm³/mol. The SMILES string of the molecule is Cc1ccc(SC2(Sc3ccc(C)cc3)CCCC(SCc3ccccc3)C2)cc1. The summed E-state index contributed by atoms with van der Waals surface area (Å²) in [5.74, 6) is 1.12. The molecule has 30 heavy (non-hydrogen) atoms. The van der Waals surface area contributed by atoms with Crippen molar-refractivity contribution >= 4 is 35.3 Å². The minimum atomic E-state index is 0.205. The van der Waals surface area contributed by atoms with E-state index in [0.29, 0.717) is 0 Å². The van der Waals surface area contributed by atoms with Crippen molar-refractivity contribution in [2.75, 3.05) is 0 Å². The summed E-state index contributed by atoms with van der Waals surface area (Å²) in [6.45, 7) is 4.34. The summed E-state index contributed by atoms with van der Waals surface area (Å²) in [5, 5.41) is 0.717. The normalized spacial score (nSPS) is 18.3. The van der Waals surface area contributed by atoms with E-state index in [0.717, 1.165) is 11.0 Å². The molecule has 3 heteroatoms. The zero-order valence-electron chi connectivity index (χ0n) is 17.8. The Hall–Kier alpha value is -1.29. The van der Waals surface area contributed by atoms with Gasteiger partial charge < -0.3 is 0 Å². The van der Waals surface area contributed by atoms with Crippen molar-refractivity contribution in [2.45, 2.75) is 64.4 Å². The van der Waals surface area contributed by atoms with Crippen LogP contribution in [0, 0.1) is 13.8 Å². The highest BCUT2D eigenvalue weighted by molar-refractivity contribution is 8.18. The van der Waals surface area contributed by atoms with Gasteiger partial charge in [-0.1, -0.05) is 72.1 Å². The van der Waals surface area contributed by atoms with Crippen molar-refractivity contribution < 1.29 is 0 Å². The summed E-state index contributed by atoms with van der Waals surface area (Å²) in [7, 11) is 0. The molecule has 0 saturated heterocycles. The van der Waals surface area contributed by atoms with Gasteiger partial charge >= 0.3 is 0 Å². The van der Waals surface area contributed by atoms with Gasteiger partial charge in [-0.3, -0.25) is 0 Å². The lowest BCUT2D eigenvalue weighted by Crippen LogP contribution is -2.30. The average molecular weight is 451 g/mol. The van der Waals surface area contributed by atoms with Gasteiger partial charge in [0.15, 0.2) is 0 Å². The number of rotatable bonds is 7. The first-order valence-electron chi connectivity index (χ1n) is 10.8. The van der Waals surface area contributed by atoms with Crippen LogP contribution in [-0.4, -0.2) is 9.33 Å². The second-order valence-electron chi connectivity index (χ2n) is 8.26. The van der Waals surface area contributed by atoms with Gasteiger partial charge in [0.25, 0.3) is 0 Å². The van der Waals surface area contributed by atoms with Crippen LogP contribution < -0.4 is 0 Å². The predicted octanol–water partition coefficient (Wildman–Crippen LogP) is 8.76. The molecule has 1 fully saturated rings. The van der Waals surface area contributed by atoms with Gasteiger partial charge in [0.05, 0.1) is 4.08 Å². The van der Waals surface area contributed by atoms with Crippen molar-refractivity contribution in [3.05, 3.63) is 95.6 Å². The number of hydrogen-bond donors (Lipinski definition) is 0. The molecule has 0 nitrogen and oxygen atoms in total. The molecule has 0 spiro atoms. The minimum absolute atomic E-state index is 0.205. The maximum absolute atomic E-state index is 2.30. The molecule has 1 aliphatic carbocycles. The van der Waals surface area contributed by atoms with Crippen LogP contribution in [-0.2, 0) is 5.75 Å². The Kier molecular flexibility index (Phi) is 7.56. The Morgan fingerprint density at radius 3 is 1.90 bits per heavy atom. The van der Waals surface area contributed by atoms with Crippen LogP contribution in [0.1, 0.15) is 42.4 Å². The molecule has 0 heterocycles. The summed E-state index contributed by atoms with van der Waals surface area (Å²) >= 11 is 6.34. The highest BCUT2D eigenvalue weighted by atomic mass is 32.2. The monoisotopic (exact) mass is 450 g/mol. The minimum Gasteiger partial charge on any atom is -0.154 e. The van der Waals surface area contributed by atoms with Crippen LogP contribution in [0.15, 0.2) is 88.7 Å². The molecule has 0 N–H and O–H groups in total. The fourth-order valence-electron chi connectivity index (χ4n) is 3.93. The van der Waals surface area contributed by atoms with Crippen LogP contribution in [0.3, 0.4) is 0 Å². The smallest absolute Gasteiger partial charge is 0.0715 e. The lowest BCUT2D eigenvalue weighted by atomic mass is 9.99. The Morgan fingerprint density at radius 1 is 0.767 bits per heavy atom. The number of thioether (sulfide) groups is 3. The van der Waals surface area contributed by atoms with Crippen LogP contribution in [0.2, 0.25) is 0 Å². The standard InChI is InChI=1S/C27H30S3/c1-21-10-14-24(15-11-21)29-27(30-25-16-12-22(2)13-17-25)18-6-9-26(19-27)28-20-23-7-4-3-5-8-23/h3-5,7-8,10-17,26H,6,9,18-20H2,1-2H3. The molecule has 0 bridgehead atoms. The molecule has 1 unspecified atom stereocenters. The van der Waals surface area contributed by atoms with Gasteiger partial charge in [-0.15, -0.1) is 23.5 Å². The van der Waals surface area contributed by atoms with Gasteiger partial charge in [-0.25, -0.2) is 0 Å². The molecule has 156 valence electrons. The fourth-order valence-corrected chi connectivity index (χ4v) is 8.71. The summed E-state index contributed by atoms with van der Waals surface area (Å²) < 4.78 is 0.205. The number of hydrogen-bond acceptors (Lipinski definition) is 3. The largest absolute Gasteiger partial charge is 0.154 e. The third-order valence-corrected chi connectivity index (χ3v) is 9.98. The van der Waals surface area contributed by atoms with E-state index in [1.807, 2.05) is 0 Å². The molecule has 3 aromatic carbocycles. The van der Waals surface area contributed by atoms with E-state index in [9.17, 15) is 0 Å². The van der Waals surface area contributed by atoms with Crippen LogP contribution in [0.4, 0.5) is 0 Å². The highest BCUT2D eigenvalue weighted by Crippen LogP contribution is 2.55. The van der Waals surface area contributed by atoms with E-state index in [4.69, 9.17) is 0 Å². The maximum atomic E-state index is 2.30. The molecule has 1 atom stereocenters. The summed E-state index contributed by atoms with van der Waals surface area (Å²) in [6, 6.07) is 29.1. The molecule has 3 aromatic rings. The zero-order chi connectivity index (χ0) is 20.8. The van der Waals surface area contributed by atoms with Crippen molar-refractivity contribution in [3.8, 4) is 0 Å². The molecule has 0 aromatic heterocycles. The zero-order valence-corrected chi connectivity index (χ0v) is 20.3. The molecule has 1 aliphatic rings. The summed E-state index contributed by atoms with van der Waals surface area (Å²) in [6.07, 6.45) is 5.17. The van der Waals surface area contributed by atoms with Gasteiger partial charge in [-0.2, -0.15) is 11.8 Å². The maximum Gasteiger partial charge on any atom is 0.0715 e. The molecule has 4 rings (SSSR count). The molecule has 0 amide bonds. The Morgan fingerprint density at radius 2 is 1.33 bits per heavy atom. The van der Waals surface area contributed by atoms with Crippen LogP contribution in [0.5, 0.6) is 0 Å². The Labute approximate surface area is 194 Å². The Bertz CT molecular complexity index is 869. The second kappa shape index (κ2) is 10.3. The topological polar surface area (TPSA) is 0 Å². The molecular weight excluding hydrogens is 420 g/mol. The van der Waals surface area contributed by atoms with Crippen molar-refractivity contribution in [1.82, 2.24) is 0 Å². The number of aryl methyl sites for hydroxylation is 2. The first kappa shape index (κ1) is 21.9. The molecular formula is C27H30S3. The van der Waals surface area contributed by atoms with Crippen LogP contribution in [0.25, 0.3) is 0 Å². The molecule has 0 aliphatic heterocycles. The van der Waals surface area contributed by atoms with Gasteiger partial charge in [0.2, 0.25) is 0 Å². The van der Waals surface area contributed by atoms with E-state index in [2.05, 4.69) is 128 Å². The van der Waals surface area contributed by atoms with Gasteiger partial charge in [0, 0.05) is 20.8 Å². The third kappa shape index (κ3) is 6.12. The number of benzene rings is 3. The first-order chi connectivity index (χ1) is 14.6. The summed E-state index contributed by atoms with van der Waals surface area (Å²) in [4.78, 5) is 2.79. The highest BCUT2D eigenvalue weighted by Gasteiger charge is 2.38. The van der Waals surface area contributed by atoms with Crippen molar-refractivity contribution in [1.29, 1.82) is 0 Å². The van der Waals surface area contributed by atoms with Gasteiger partial charge in [0.1, 0.15) is 0 Å². The molecule has 0 radical (unpaired) electrons. The van der Waals surface area contributed by atoms with E-state index in [-0.39, 0.29) is 4.08 Å². The lowest BCUT2D eigenvalue weighted by molar-refractivity contribution is 0.502. The van der Waals surface area contributed by atoms with E-state index in [1.165, 1.54) is 52.2 Å². The van der Waals surface area contributed by atoms with E-state index in [1.54, 1.807) is 0 Å². The van der Waals surface area contributed by atoms with Crippen molar-refractivity contribution in [2.24, 2.45) is 0 Å². The van der Waals surface area contributed by atoms with Crippen LogP contribution >= 0.6 is 35.3 Å².